The maximum absolute atomic E-state index is 11.9. The van der Waals surface area contributed by atoms with Crippen LogP contribution >= 0.6 is 0 Å². The van der Waals surface area contributed by atoms with Crippen LogP contribution in [0, 0.1) is 0 Å². The number of methoxy groups -OCH3 is 1. The van der Waals surface area contributed by atoms with Gasteiger partial charge >= 0.3 is 0 Å². The number of carbonyl (C=O) groups is 1. The first-order chi connectivity index (χ1) is 14.0. The van der Waals surface area contributed by atoms with E-state index in [-0.39, 0.29) is 12.0 Å². The van der Waals surface area contributed by atoms with Crippen LogP contribution in [0.25, 0.3) is 0 Å². The fourth-order valence-corrected chi connectivity index (χ4v) is 3.59. The van der Waals surface area contributed by atoms with Crippen LogP contribution in [0.1, 0.15) is 36.8 Å². The number of hydrogen-bond donors (Lipinski definition) is 1. The Hall–Kier alpha value is -2.80. The molecule has 1 fully saturated rings. The van der Waals surface area contributed by atoms with Crippen molar-refractivity contribution < 1.29 is 19.4 Å². The van der Waals surface area contributed by atoms with Crippen molar-refractivity contribution in [2.24, 2.45) is 7.05 Å². The van der Waals surface area contributed by atoms with Gasteiger partial charge in [-0.05, 0) is 68.1 Å². The molecule has 0 atom stereocenters. The quantitative estimate of drug-likeness (QED) is 0.749. The van der Waals surface area contributed by atoms with Crippen molar-refractivity contribution >= 4 is 6.47 Å². The molecule has 1 aliphatic heterocycles. The van der Waals surface area contributed by atoms with Crippen LogP contribution < -0.4 is 15.0 Å². The average Bonchev–Trinajstić information content (AvgIpc) is 2.72. The molecule has 1 aromatic heterocycles. The van der Waals surface area contributed by atoms with Crippen LogP contribution in [-0.4, -0.2) is 47.9 Å². The van der Waals surface area contributed by atoms with E-state index < -0.39 is 0 Å². The molecule has 1 aromatic carbocycles. The summed E-state index contributed by atoms with van der Waals surface area (Å²) < 4.78 is 12.7. The van der Waals surface area contributed by atoms with Crippen LogP contribution in [-0.2, 0) is 18.4 Å². The van der Waals surface area contributed by atoms with Gasteiger partial charge in [0, 0.05) is 25.9 Å². The van der Waals surface area contributed by atoms with Crippen LogP contribution in [0.15, 0.2) is 41.3 Å². The third-order valence-corrected chi connectivity index (χ3v) is 5.12. The summed E-state index contributed by atoms with van der Waals surface area (Å²) in [4.78, 5) is 22.7. The Morgan fingerprint density at radius 3 is 2.45 bits per heavy atom. The second-order valence-corrected chi connectivity index (χ2v) is 6.98. The lowest BCUT2D eigenvalue weighted by Gasteiger charge is -2.32. The second kappa shape index (κ2) is 11.3. The van der Waals surface area contributed by atoms with E-state index in [1.165, 1.54) is 11.1 Å². The summed E-state index contributed by atoms with van der Waals surface area (Å²) in [5.74, 6) is 2.07. The molecule has 0 saturated carbocycles. The van der Waals surface area contributed by atoms with Gasteiger partial charge in [0.25, 0.3) is 12.0 Å². The molecule has 1 saturated heterocycles. The van der Waals surface area contributed by atoms with Gasteiger partial charge in [0.1, 0.15) is 0 Å². The third kappa shape index (κ3) is 6.35. The molecule has 0 unspecified atom stereocenters. The molecule has 1 aliphatic rings. The number of nitrogens with zero attached hydrogens (tertiary/aromatic N) is 2. The summed E-state index contributed by atoms with van der Waals surface area (Å²) in [6.45, 7) is 5.34. The molecule has 0 radical (unpaired) electrons. The number of piperidine rings is 1. The summed E-state index contributed by atoms with van der Waals surface area (Å²) >= 11 is 0. The van der Waals surface area contributed by atoms with E-state index in [0.717, 1.165) is 44.0 Å². The number of carboxylic acid groups (broad SMARTS) is 1. The minimum Gasteiger partial charge on any atom is -0.493 e. The molecule has 7 heteroatoms. The van der Waals surface area contributed by atoms with Gasteiger partial charge in [0.2, 0.25) is 0 Å². The standard InChI is InChI=1S/C21H28N2O3.CH2O2/c1-4-26-19-6-5-16(13-20(19)25-3)15-23-11-8-17(9-12-23)18-7-10-22(2)21(24)14-18;2-1-3/h5-7,10,13-14,17H,4,8-9,11-12,15H2,1-3H3;1H,(H,2,3). The molecule has 7 nitrogen and oxygen atoms in total. The number of aromatic nitrogens is 1. The van der Waals surface area contributed by atoms with Crippen LogP contribution in [0.5, 0.6) is 11.5 Å². The molecule has 0 spiro atoms. The van der Waals surface area contributed by atoms with Crippen molar-refractivity contribution in [1.29, 1.82) is 0 Å². The highest BCUT2D eigenvalue weighted by Crippen LogP contribution is 2.31. The predicted octanol–water partition coefficient (Wildman–Crippen LogP) is 2.87. The number of benzene rings is 1. The predicted molar refractivity (Wildman–Crippen MR) is 112 cm³/mol. The third-order valence-electron chi connectivity index (χ3n) is 5.12. The maximum Gasteiger partial charge on any atom is 0.290 e. The highest BCUT2D eigenvalue weighted by Gasteiger charge is 2.21. The van der Waals surface area contributed by atoms with E-state index in [1.807, 2.05) is 19.2 Å². The van der Waals surface area contributed by atoms with Gasteiger partial charge < -0.3 is 19.1 Å². The lowest BCUT2D eigenvalue weighted by Crippen LogP contribution is -2.32. The van der Waals surface area contributed by atoms with E-state index in [4.69, 9.17) is 19.4 Å². The Labute approximate surface area is 171 Å². The molecule has 0 bridgehead atoms. The zero-order valence-electron chi connectivity index (χ0n) is 17.3. The first-order valence-electron chi connectivity index (χ1n) is 9.78. The molecule has 3 rings (SSSR count). The van der Waals surface area contributed by atoms with Crippen molar-refractivity contribution in [3.05, 3.63) is 58.0 Å². The minimum absolute atomic E-state index is 0.0754. The van der Waals surface area contributed by atoms with Gasteiger partial charge in [0.05, 0.1) is 13.7 Å². The van der Waals surface area contributed by atoms with Crippen LogP contribution in [0.2, 0.25) is 0 Å². The lowest BCUT2D eigenvalue weighted by atomic mass is 9.90. The van der Waals surface area contributed by atoms with Gasteiger partial charge in [-0.25, -0.2) is 0 Å². The van der Waals surface area contributed by atoms with Gasteiger partial charge in [-0.1, -0.05) is 6.07 Å². The summed E-state index contributed by atoms with van der Waals surface area (Å²) in [5, 5.41) is 6.89. The number of hydrogen-bond acceptors (Lipinski definition) is 5. The summed E-state index contributed by atoms with van der Waals surface area (Å²) in [6, 6.07) is 10.0. The highest BCUT2D eigenvalue weighted by molar-refractivity contribution is 5.43. The average molecular weight is 402 g/mol. The fourth-order valence-electron chi connectivity index (χ4n) is 3.59. The van der Waals surface area contributed by atoms with Crippen molar-refractivity contribution in [3.63, 3.8) is 0 Å². The lowest BCUT2D eigenvalue weighted by molar-refractivity contribution is -0.122. The van der Waals surface area contributed by atoms with Crippen molar-refractivity contribution in [2.75, 3.05) is 26.8 Å². The Bertz CT molecular complexity index is 841. The number of likely N-dealkylation sites (tertiary alicyclic amines) is 1. The zero-order chi connectivity index (χ0) is 21.2. The SMILES string of the molecule is CCOc1ccc(CN2CCC(c3ccn(C)c(=O)c3)CC2)cc1OC.O=CO. The second-order valence-electron chi connectivity index (χ2n) is 6.98. The number of ether oxygens (including phenoxy) is 2. The number of pyridine rings is 1. The first-order valence-corrected chi connectivity index (χ1v) is 9.78. The van der Waals surface area contributed by atoms with Gasteiger partial charge in [-0.3, -0.25) is 14.5 Å². The smallest absolute Gasteiger partial charge is 0.290 e. The Kier molecular flexibility index (Phi) is 8.73. The molecule has 2 aromatic rings. The molecule has 158 valence electrons. The molecular weight excluding hydrogens is 372 g/mol. The first kappa shape index (κ1) is 22.5. The number of rotatable bonds is 6. The van der Waals surface area contributed by atoms with Crippen LogP contribution in [0.4, 0.5) is 0 Å². The van der Waals surface area contributed by atoms with Gasteiger partial charge in [0.15, 0.2) is 11.5 Å². The van der Waals surface area contributed by atoms with Gasteiger partial charge in [-0.2, -0.15) is 0 Å². The molecule has 0 amide bonds. The van der Waals surface area contributed by atoms with Crippen molar-refractivity contribution in [2.45, 2.75) is 32.2 Å². The van der Waals surface area contributed by atoms with Crippen molar-refractivity contribution in [1.82, 2.24) is 9.47 Å². The molecule has 1 N–H and O–H groups in total. The molecule has 2 heterocycles. The summed E-state index contributed by atoms with van der Waals surface area (Å²) in [7, 11) is 3.47. The van der Waals surface area contributed by atoms with E-state index in [2.05, 4.69) is 23.1 Å². The Morgan fingerprint density at radius 1 is 1.17 bits per heavy atom. The van der Waals surface area contributed by atoms with E-state index in [1.54, 1.807) is 24.8 Å². The van der Waals surface area contributed by atoms with Gasteiger partial charge in [-0.15, -0.1) is 0 Å². The zero-order valence-corrected chi connectivity index (χ0v) is 17.3. The largest absolute Gasteiger partial charge is 0.493 e. The molecule has 29 heavy (non-hydrogen) atoms. The van der Waals surface area contributed by atoms with E-state index >= 15 is 0 Å². The normalized spacial score (nSPS) is 14.6. The van der Waals surface area contributed by atoms with Crippen molar-refractivity contribution in [3.8, 4) is 11.5 Å². The maximum atomic E-state index is 11.9. The van der Waals surface area contributed by atoms with E-state index in [9.17, 15) is 4.79 Å². The number of aryl methyl sites for hydroxylation is 1. The molecule has 0 aliphatic carbocycles. The summed E-state index contributed by atoms with van der Waals surface area (Å²) in [6.07, 6.45) is 4.04. The monoisotopic (exact) mass is 402 g/mol. The fraction of sp³-hybridized carbons (Fsp3) is 0.455. The van der Waals surface area contributed by atoms with Crippen LogP contribution in [0.3, 0.4) is 0 Å². The highest BCUT2D eigenvalue weighted by atomic mass is 16.5. The molecular formula is C22H30N2O5. The topological polar surface area (TPSA) is 81.0 Å². The minimum atomic E-state index is -0.250. The summed E-state index contributed by atoms with van der Waals surface area (Å²) in [5.41, 5.74) is 2.49. The Balaban J connectivity index is 0.000000941. The van der Waals surface area contributed by atoms with E-state index in [0.29, 0.717) is 12.5 Å². The Morgan fingerprint density at radius 2 is 1.86 bits per heavy atom.